The van der Waals surface area contributed by atoms with Gasteiger partial charge < -0.3 is 15.3 Å². The number of hydrogen-bond donors (Lipinski definition) is 2. The number of aryl methyl sites for hydroxylation is 1. The molecule has 3 heterocycles. The predicted molar refractivity (Wildman–Crippen MR) is 142 cm³/mol. The number of anilines is 2. The van der Waals surface area contributed by atoms with Crippen molar-refractivity contribution in [2.45, 2.75) is 26.2 Å². The van der Waals surface area contributed by atoms with E-state index < -0.39 is 0 Å². The van der Waals surface area contributed by atoms with Crippen LogP contribution < -0.4 is 5.32 Å². The van der Waals surface area contributed by atoms with Gasteiger partial charge in [-0.3, -0.25) is 4.68 Å². The summed E-state index contributed by atoms with van der Waals surface area (Å²) in [5.41, 5.74) is 3.05. The Labute approximate surface area is 212 Å². The van der Waals surface area contributed by atoms with Gasteiger partial charge in [-0.1, -0.05) is 34.5 Å². The lowest BCUT2D eigenvalue weighted by Crippen LogP contribution is -2.19. The molecule has 1 saturated heterocycles. The summed E-state index contributed by atoms with van der Waals surface area (Å²) in [6.45, 7) is 6.28. The molecule has 2 aromatic heterocycles. The lowest BCUT2D eigenvalue weighted by molar-refractivity contribution is 0.339. The Balaban J connectivity index is 0.000000291. The number of nitrogens with one attached hydrogen (secondary N) is 1. The Morgan fingerprint density at radius 2 is 1.88 bits per heavy atom. The Morgan fingerprint density at radius 3 is 2.59 bits per heavy atom. The number of nitrogens with zero attached hydrogens (tertiary/aromatic N) is 5. The van der Waals surface area contributed by atoms with Crippen LogP contribution in [0.5, 0.6) is 5.75 Å². The summed E-state index contributed by atoms with van der Waals surface area (Å²) >= 11 is 9.68. The molecule has 0 spiro atoms. The van der Waals surface area contributed by atoms with Crippen LogP contribution in [0.15, 0.2) is 53.4 Å². The second-order valence-corrected chi connectivity index (χ2v) is 9.69. The second-order valence-electron chi connectivity index (χ2n) is 8.36. The van der Waals surface area contributed by atoms with Gasteiger partial charge in [0.15, 0.2) is 0 Å². The van der Waals surface area contributed by atoms with Gasteiger partial charge in [0.05, 0.1) is 16.7 Å². The fourth-order valence-corrected chi connectivity index (χ4v) is 4.88. The molecule has 0 amide bonds. The van der Waals surface area contributed by atoms with Crippen molar-refractivity contribution in [3.63, 3.8) is 0 Å². The van der Waals surface area contributed by atoms with Crippen LogP contribution in [0.25, 0.3) is 22.0 Å². The molecule has 9 heteroatoms. The maximum Gasteiger partial charge on any atom is 0.227 e. The summed E-state index contributed by atoms with van der Waals surface area (Å²) in [7, 11) is 1.84. The minimum atomic E-state index is 0.136. The first kappa shape index (κ1) is 24.4. The zero-order valence-corrected chi connectivity index (χ0v) is 21.6. The average molecular weight is 544 g/mol. The van der Waals surface area contributed by atoms with Crippen molar-refractivity contribution < 1.29 is 5.11 Å². The molecular formula is C25H28BrClN6O. The zero-order valence-electron chi connectivity index (χ0n) is 19.3. The van der Waals surface area contributed by atoms with Crippen LogP contribution in [-0.4, -0.2) is 49.4 Å². The first-order chi connectivity index (χ1) is 16.4. The van der Waals surface area contributed by atoms with E-state index in [0.717, 1.165) is 21.0 Å². The zero-order chi connectivity index (χ0) is 24.1. The van der Waals surface area contributed by atoms with E-state index >= 15 is 0 Å². The lowest BCUT2D eigenvalue weighted by Gasteiger charge is -2.11. The number of benzene rings is 2. The fourth-order valence-electron chi connectivity index (χ4n) is 4.00. The molecule has 0 bridgehead atoms. The molecule has 0 radical (unpaired) electrons. The van der Waals surface area contributed by atoms with Gasteiger partial charge in [0.1, 0.15) is 5.75 Å². The van der Waals surface area contributed by atoms with Gasteiger partial charge in [0.25, 0.3) is 0 Å². The normalized spacial score (nSPS) is 13.6. The van der Waals surface area contributed by atoms with Gasteiger partial charge in [0.2, 0.25) is 5.95 Å². The summed E-state index contributed by atoms with van der Waals surface area (Å²) in [6.07, 6.45) is 9.50. The average Bonchev–Trinajstić information content (AvgIpc) is 3.46. The van der Waals surface area contributed by atoms with E-state index in [1.54, 1.807) is 35.3 Å². The van der Waals surface area contributed by atoms with Gasteiger partial charge in [-0.25, -0.2) is 9.97 Å². The molecule has 4 aromatic rings. The third-order valence-corrected chi connectivity index (χ3v) is 6.30. The van der Waals surface area contributed by atoms with Crippen LogP contribution >= 0.6 is 27.5 Å². The summed E-state index contributed by atoms with van der Waals surface area (Å²) in [4.78, 5) is 11.3. The lowest BCUT2D eigenvalue weighted by atomic mass is 10.1. The SMILES string of the molecule is CCCN1CCCC1.Cn1cc(-c2cc(O)cc(Nc3ncc4cc(Br)cc(Cl)c4n3)c2)cn1. The molecule has 0 saturated carbocycles. The van der Waals surface area contributed by atoms with Crippen molar-refractivity contribution in [3.8, 4) is 16.9 Å². The van der Waals surface area contributed by atoms with E-state index in [2.05, 4.69) is 48.1 Å². The van der Waals surface area contributed by atoms with E-state index in [0.29, 0.717) is 22.2 Å². The molecule has 1 aliphatic heterocycles. The fraction of sp³-hybridized carbons (Fsp3) is 0.320. The third kappa shape index (κ3) is 6.25. The topological polar surface area (TPSA) is 79.1 Å². The molecule has 1 fully saturated rings. The summed E-state index contributed by atoms with van der Waals surface area (Å²) in [6, 6.07) is 8.87. The number of phenols is 1. The number of aromatic nitrogens is 4. The number of hydrogen-bond acceptors (Lipinski definition) is 6. The van der Waals surface area contributed by atoms with Crippen molar-refractivity contribution in [2.75, 3.05) is 25.0 Å². The van der Waals surface area contributed by atoms with Crippen LogP contribution in [0.4, 0.5) is 11.6 Å². The molecule has 2 N–H and O–H groups in total. The minimum absolute atomic E-state index is 0.136. The molecular weight excluding hydrogens is 516 g/mol. The summed E-state index contributed by atoms with van der Waals surface area (Å²) in [5, 5.41) is 18.7. The van der Waals surface area contributed by atoms with E-state index in [9.17, 15) is 5.11 Å². The summed E-state index contributed by atoms with van der Waals surface area (Å²) < 4.78 is 2.58. The molecule has 0 unspecified atom stereocenters. The highest BCUT2D eigenvalue weighted by atomic mass is 79.9. The molecule has 0 aliphatic carbocycles. The van der Waals surface area contributed by atoms with E-state index in [4.69, 9.17) is 11.6 Å². The quantitative estimate of drug-likeness (QED) is 0.304. The van der Waals surface area contributed by atoms with Gasteiger partial charge in [-0.2, -0.15) is 5.10 Å². The van der Waals surface area contributed by atoms with Crippen LogP contribution in [0.2, 0.25) is 5.02 Å². The van der Waals surface area contributed by atoms with E-state index in [1.165, 1.54) is 38.9 Å². The Morgan fingerprint density at radius 1 is 1.09 bits per heavy atom. The van der Waals surface area contributed by atoms with Gasteiger partial charge in [-0.15, -0.1) is 0 Å². The van der Waals surface area contributed by atoms with Crippen LogP contribution in [0, 0.1) is 0 Å². The first-order valence-corrected chi connectivity index (χ1v) is 12.5. The number of fused-ring (bicyclic) bond motifs is 1. The van der Waals surface area contributed by atoms with Gasteiger partial charge >= 0.3 is 0 Å². The second kappa shape index (κ2) is 11.2. The maximum atomic E-state index is 10.1. The highest BCUT2D eigenvalue weighted by molar-refractivity contribution is 9.10. The van der Waals surface area contributed by atoms with Crippen molar-refractivity contribution in [1.82, 2.24) is 24.6 Å². The number of halogens is 2. The van der Waals surface area contributed by atoms with Gasteiger partial charge in [0, 0.05) is 46.6 Å². The van der Waals surface area contributed by atoms with Crippen molar-refractivity contribution in [2.24, 2.45) is 7.05 Å². The third-order valence-electron chi connectivity index (χ3n) is 5.55. The maximum absolute atomic E-state index is 10.1. The predicted octanol–water partition coefficient (Wildman–Crippen LogP) is 6.39. The highest BCUT2D eigenvalue weighted by Gasteiger charge is 2.09. The van der Waals surface area contributed by atoms with Crippen LogP contribution in [-0.2, 0) is 7.05 Å². The molecule has 1 aliphatic rings. The highest BCUT2D eigenvalue weighted by Crippen LogP contribution is 2.30. The largest absolute Gasteiger partial charge is 0.508 e. The van der Waals surface area contributed by atoms with E-state index in [1.807, 2.05) is 25.4 Å². The van der Waals surface area contributed by atoms with Crippen LogP contribution in [0.1, 0.15) is 26.2 Å². The van der Waals surface area contributed by atoms with Crippen molar-refractivity contribution >= 4 is 50.1 Å². The molecule has 34 heavy (non-hydrogen) atoms. The molecule has 2 aromatic carbocycles. The molecule has 7 nitrogen and oxygen atoms in total. The minimum Gasteiger partial charge on any atom is -0.508 e. The molecule has 178 valence electrons. The smallest absolute Gasteiger partial charge is 0.227 e. The van der Waals surface area contributed by atoms with E-state index in [-0.39, 0.29) is 5.75 Å². The molecule has 0 atom stereocenters. The molecule has 5 rings (SSSR count). The number of aromatic hydroxyl groups is 1. The Bertz CT molecular complexity index is 1270. The van der Waals surface area contributed by atoms with Crippen LogP contribution in [0.3, 0.4) is 0 Å². The standard InChI is InChI=1S/C18H13BrClN5O.C7H15N/c1-25-9-12(8-22-25)10-3-14(6-15(26)4-10)23-18-21-7-11-2-13(19)5-16(20)17(11)24-18;1-2-5-8-6-3-4-7-8/h2-9,26H,1H3,(H,21,23,24);2-7H2,1H3. The van der Waals surface area contributed by atoms with Crippen molar-refractivity contribution in [3.05, 3.63) is 58.4 Å². The van der Waals surface area contributed by atoms with Gasteiger partial charge in [-0.05, 0) is 68.7 Å². The Kier molecular flexibility index (Phi) is 8.03. The number of likely N-dealkylation sites (tertiary alicyclic amines) is 1. The summed E-state index contributed by atoms with van der Waals surface area (Å²) in [5.74, 6) is 0.529. The van der Waals surface area contributed by atoms with Crippen molar-refractivity contribution in [1.29, 1.82) is 0 Å². The monoisotopic (exact) mass is 542 g/mol. The number of rotatable bonds is 5. The number of phenolic OH excluding ortho intramolecular Hbond substituents is 1. The Hall–Kier alpha value is -2.68. The first-order valence-electron chi connectivity index (χ1n) is 11.4.